The Kier molecular flexibility index (Phi) is 4.40. The molecule has 0 atom stereocenters. The Morgan fingerprint density at radius 3 is 2.64 bits per heavy atom. The monoisotopic (exact) mass is 194 g/mol. The van der Waals surface area contributed by atoms with Gasteiger partial charge in [0.1, 0.15) is 0 Å². The molecule has 0 radical (unpaired) electrons. The summed E-state index contributed by atoms with van der Waals surface area (Å²) in [6.07, 6.45) is 9.40. The molecule has 0 spiro atoms. The van der Waals surface area contributed by atoms with Crippen molar-refractivity contribution in [2.75, 3.05) is 13.2 Å². The molecule has 0 bridgehead atoms. The standard InChI is InChI=1S/C13H22O/c1-4-10-14-11-9-13(7-8-13)6-5-12(2)3/h4-5H,1,6-11H2,2-3H3. The summed E-state index contributed by atoms with van der Waals surface area (Å²) in [4.78, 5) is 0. The van der Waals surface area contributed by atoms with Crippen molar-refractivity contribution in [1.82, 2.24) is 0 Å². The predicted molar refractivity (Wildman–Crippen MR) is 61.3 cm³/mol. The maximum Gasteiger partial charge on any atom is 0.0644 e. The Bertz CT molecular complexity index is 207. The number of hydrogen-bond donors (Lipinski definition) is 0. The molecule has 0 aromatic rings. The molecule has 0 N–H and O–H groups in total. The molecule has 0 aliphatic heterocycles. The maximum atomic E-state index is 5.43. The molecule has 0 unspecified atom stereocenters. The third-order valence-corrected chi connectivity index (χ3v) is 2.91. The number of rotatable bonds is 7. The van der Waals surface area contributed by atoms with Crippen molar-refractivity contribution in [3.05, 3.63) is 24.3 Å². The van der Waals surface area contributed by atoms with Gasteiger partial charge in [-0.3, -0.25) is 0 Å². The molecular weight excluding hydrogens is 172 g/mol. The third-order valence-electron chi connectivity index (χ3n) is 2.91. The first-order chi connectivity index (χ1) is 6.68. The van der Waals surface area contributed by atoms with E-state index in [9.17, 15) is 0 Å². The van der Waals surface area contributed by atoms with Crippen molar-refractivity contribution in [1.29, 1.82) is 0 Å². The van der Waals surface area contributed by atoms with Gasteiger partial charge in [0.2, 0.25) is 0 Å². The summed E-state index contributed by atoms with van der Waals surface area (Å²) >= 11 is 0. The molecule has 0 heterocycles. The van der Waals surface area contributed by atoms with E-state index in [-0.39, 0.29) is 0 Å². The largest absolute Gasteiger partial charge is 0.377 e. The smallest absolute Gasteiger partial charge is 0.0644 e. The van der Waals surface area contributed by atoms with Crippen LogP contribution in [-0.2, 0) is 4.74 Å². The van der Waals surface area contributed by atoms with Crippen LogP contribution in [0.4, 0.5) is 0 Å². The third kappa shape index (κ3) is 4.10. The molecule has 1 saturated carbocycles. The van der Waals surface area contributed by atoms with Gasteiger partial charge in [-0.15, -0.1) is 6.58 Å². The zero-order valence-electron chi connectivity index (χ0n) is 9.51. The van der Waals surface area contributed by atoms with Crippen LogP contribution < -0.4 is 0 Å². The Morgan fingerprint density at radius 2 is 2.14 bits per heavy atom. The Morgan fingerprint density at radius 1 is 1.43 bits per heavy atom. The van der Waals surface area contributed by atoms with E-state index in [1.54, 1.807) is 0 Å². The van der Waals surface area contributed by atoms with E-state index < -0.39 is 0 Å². The van der Waals surface area contributed by atoms with Gasteiger partial charge in [0.15, 0.2) is 0 Å². The van der Waals surface area contributed by atoms with Gasteiger partial charge in [-0.2, -0.15) is 0 Å². The summed E-state index contributed by atoms with van der Waals surface area (Å²) in [6, 6.07) is 0. The van der Waals surface area contributed by atoms with Crippen LogP contribution in [0.2, 0.25) is 0 Å². The lowest BCUT2D eigenvalue weighted by Gasteiger charge is -2.12. The Labute approximate surface area is 87.8 Å². The van der Waals surface area contributed by atoms with E-state index in [0.29, 0.717) is 12.0 Å². The minimum Gasteiger partial charge on any atom is -0.377 e. The topological polar surface area (TPSA) is 9.23 Å². The Hall–Kier alpha value is -0.560. The molecule has 1 aliphatic rings. The summed E-state index contributed by atoms with van der Waals surface area (Å²) in [5, 5.41) is 0. The average Bonchev–Trinajstić information content (AvgIpc) is 2.91. The van der Waals surface area contributed by atoms with Gasteiger partial charge >= 0.3 is 0 Å². The van der Waals surface area contributed by atoms with Crippen LogP contribution in [-0.4, -0.2) is 13.2 Å². The van der Waals surface area contributed by atoms with Gasteiger partial charge in [-0.1, -0.05) is 17.7 Å². The Balaban J connectivity index is 2.15. The van der Waals surface area contributed by atoms with E-state index >= 15 is 0 Å². The minimum atomic E-state index is 0.596. The fourth-order valence-electron chi connectivity index (χ4n) is 1.61. The van der Waals surface area contributed by atoms with E-state index in [4.69, 9.17) is 4.74 Å². The summed E-state index contributed by atoms with van der Waals surface area (Å²) in [6.45, 7) is 9.56. The van der Waals surface area contributed by atoms with Crippen LogP contribution >= 0.6 is 0 Å². The fourth-order valence-corrected chi connectivity index (χ4v) is 1.61. The molecule has 1 heteroatoms. The summed E-state index contributed by atoms with van der Waals surface area (Å²) in [5.41, 5.74) is 2.03. The van der Waals surface area contributed by atoms with Crippen molar-refractivity contribution < 1.29 is 4.74 Å². The summed E-state index contributed by atoms with van der Waals surface area (Å²) < 4.78 is 5.43. The normalized spacial score (nSPS) is 17.6. The predicted octanol–water partition coefficient (Wildman–Crippen LogP) is 3.72. The zero-order chi connectivity index (χ0) is 10.4. The van der Waals surface area contributed by atoms with Crippen LogP contribution in [0.1, 0.15) is 39.5 Å². The van der Waals surface area contributed by atoms with Gasteiger partial charge < -0.3 is 4.74 Å². The van der Waals surface area contributed by atoms with Crippen LogP contribution in [0.15, 0.2) is 24.3 Å². The molecule has 1 nitrogen and oxygen atoms in total. The van der Waals surface area contributed by atoms with Crippen molar-refractivity contribution >= 4 is 0 Å². The van der Waals surface area contributed by atoms with E-state index in [0.717, 1.165) is 6.61 Å². The van der Waals surface area contributed by atoms with E-state index in [1.165, 1.54) is 31.3 Å². The molecule has 1 aliphatic carbocycles. The highest BCUT2D eigenvalue weighted by atomic mass is 16.5. The average molecular weight is 194 g/mol. The minimum absolute atomic E-state index is 0.596. The number of ether oxygens (including phenoxy) is 1. The second-order valence-electron chi connectivity index (χ2n) is 4.60. The fraction of sp³-hybridized carbons (Fsp3) is 0.692. The first-order valence-electron chi connectivity index (χ1n) is 5.50. The van der Waals surface area contributed by atoms with E-state index in [2.05, 4.69) is 26.5 Å². The quantitative estimate of drug-likeness (QED) is 0.443. The highest BCUT2D eigenvalue weighted by Gasteiger charge is 2.40. The molecule has 80 valence electrons. The van der Waals surface area contributed by atoms with Gasteiger partial charge in [0, 0.05) is 6.61 Å². The van der Waals surface area contributed by atoms with Crippen LogP contribution in [0, 0.1) is 5.41 Å². The van der Waals surface area contributed by atoms with Crippen LogP contribution in [0.5, 0.6) is 0 Å². The first-order valence-corrected chi connectivity index (χ1v) is 5.50. The molecule has 0 aromatic heterocycles. The van der Waals surface area contributed by atoms with Gasteiger partial charge in [-0.05, 0) is 44.9 Å². The lowest BCUT2D eigenvalue weighted by atomic mass is 9.97. The summed E-state index contributed by atoms with van der Waals surface area (Å²) in [7, 11) is 0. The lowest BCUT2D eigenvalue weighted by Crippen LogP contribution is -2.05. The van der Waals surface area contributed by atoms with Crippen molar-refractivity contribution in [2.24, 2.45) is 5.41 Å². The van der Waals surface area contributed by atoms with Gasteiger partial charge in [0.05, 0.1) is 6.61 Å². The van der Waals surface area contributed by atoms with E-state index in [1.807, 2.05) is 6.08 Å². The molecule has 1 fully saturated rings. The highest BCUT2D eigenvalue weighted by Crippen LogP contribution is 2.52. The molecule has 1 rings (SSSR count). The van der Waals surface area contributed by atoms with Crippen LogP contribution in [0.3, 0.4) is 0 Å². The maximum absolute atomic E-state index is 5.43. The molecule has 0 aromatic carbocycles. The lowest BCUT2D eigenvalue weighted by molar-refractivity contribution is 0.141. The van der Waals surface area contributed by atoms with Crippen molar-refractivity contribution in [3.8, 4) is 0 Å². The second kappa shape index (κ2) is 5.35. The molecule has 0 amide bonds. The van der Waals surface area contributed by atoms with Gasteiger partial charge in [-0.25, -0.2) is 0 Å². The molecule has 14 heavy (non-hydrogen) atoms. The SMILES string of the molecule is C=CCOCCC1(CC=C(C)C)CC1. The number of hydrogen-bond acceptors (Lipinski definition) is 1. The van der Waals surface area contributed by atoms with Crippen molar-refractivity contribution in [2.45, 2.75) is 39.5 Å². The highest BCUT2D eigenvalue weighted by molar-refractivity contribution is 5.03. The van der Waals surface area contributed by atoms with Crippen molar-refractivity contribution in [3.63, 3.8) is 0 Å². The number of allylic oxidation sites excluding steroid dienone is 2. The zero-order valence-corrected chi connectivity index (χ0v) is 9.51. The molecule has 0 saturated heterocycles. The summed E-state index contributed by atoms with van der Waals surface area (Å²) in [5.74, 6) is 0. The molecular formula is C13H22O. The van der Waals surface area contributed by atoms with Gasteiger partial charge in [0.25, 0.3) is 0 Å². The van der Waals surface area contributed by atoms with Crippen LogP contribution in [0.25, 0.3) is 0 Å². The first kappa shape index (κ1) is 11.5. The second-order valence-corrected chi connectivity index (χ2v) is 4.60.